The summed E-state index contributed by atoms with van der Waals surface area (Å²) in [4.78, 5) is 15.5. The second-order valence-corrected chi connectivity index (χ2v) is 16.0. The predicted molar refractivity (Wildman–Crippen MR) is 256 cm³/mol. The monoisotopic (exact) mass is 806 g/mol. The number of aromatic nitrogens is 4. The Balaban J connectivity index is 0.952. The van der Waals surface area contributed by atoms with E-state index in [1.807, 2.05) is 60.7 Å². The summed E-state index contributed by atoms with van der Waals surface area (Å²) in [5.41, 5.74) is 13.8. The number of para-hydroxylation sites is 3. The van der Waals surface area contributed by atoms with Crippen LogP contribution in [0.5, 0.6) is 0 Å². The summed E-state index contributed by atoms with van der Waals surface area (Å²) >= 11 is 0. The molecule has 13 rings (SSSR count). The summed E-state index contributed by atoms with van der Waals surface area (Å²) in [6.45, 7) is 0. The third kappa shape index (κ3) is 5.76. The molecule has 6 nitrogen and oxygen atoms in total. The van der Waals surface area contributed by atoms with Crippen LogP contribution in [0.15, 0.2) is 215 Å². The standard InChI is InChI=1S/C57H34N4O2/c1-3-13-35(14-4-1)55-58-56(40-16-11-15-36(31-40)39-25-28-44-43-20-8-10-23-50(43)63-53(44)34-39)60-57(59-55)45-21-12-24-52-54(45)47-33-38(27-30-51(47)62-52)37-26-29-49-46(32-37)42-19-7-9-22-48(42)61(49)41-17-5-2-6-18-41/h1-34H. The van der Waals surface area contributed by atoms with Gasteiger partial charge in [-0.25, -0.2) is 15.0 Å². The van der Waals surface area contributed by atoms with Crippen molar-refractivity contribution < 1.29 is 8.83 Å². The quantitative estimate of drug-likeness (QED) is 0.167. The first-order valence-electron chi connectivity index (χ1n) is 21.1. The summed E-state index contributed by atoms with van der Waals surface area (Å²) in [6, 6.07) is 71.6. The number of benzene rings is 9. The van der Waals surface area contributed by atoms with Crippen LogP contribution in [0.2, 0.25) is 0 Å². The highest BCUT2D eigenvalue weighted by Gasteiger charge is 2.20. The van der Waals surface area contributed by atoms with Crippen molar-refractivity contribution in [2.24, 2.45) is 0 Å². The fourth-order valence-corrected chi connectivity index (χ4v) is 9.29. The van der Waals surface area contributed by atoms with Crippen molar-refractivity contribution >= 4 is 65.7 Å². The maximum Gasteiger partial charge on any atom is 0.164 e. The highest BCUT2D eigenvalue weighted by atomic mass is 16.3. The number of nitrogens with zero attached hydrogens (tertiary/aromatic N) is 4. The Morgan fingerprint density at radius 3 is 1.73 bits per heavy atom. The maximum atomic E-state index is 6.55. The van der Waals surface area contributed by atoms with Crippen molar-refractivity contribution in [3.8, 4) is 62.1 Å². The first kappa shape index (κ1) is 35.2. The molecule has 0 bridgehead atoms. The number of hydrogen-bond donors (Lipinski definition) is 0. The zero-order valence-corrected chi connectivity index (χ0v) is 33.7. The van der Waals surface area contributed by atoms with Crippen LogP contribution >= 0.6 is 0 Å². The molecule has 6 heteroatoms. The van der Waals surface area contributed by atoms with E-state index in [-0.39, 0.29) is 0 Å². The SMILES string of the molecule is c1ccc(-c2nc(-c3cccc(-c4ccc5c(c4)oc4ccccc45)c3)nc(-c3cccc4oc5ccc(-c6ccc7c(c6)c6ccccc6n7-c6ccccc6)cc5c34)n2)cc1. The van der Waals surface area contributed by atoms with Gasteiger partial charge in [0.05, 0.1) is 11.0 Å². The van der Waals surface area contributed by atoms with E-state index in [2.05, 4.69) is 150 Å². The smallest absolute Gasteiger partial charge is 0.164 e. The fourth-order valence-electron chi connectivity index (χ4n) is 9.29. The van der Waals surface area contributed by atoms with Crippen LogP contribution in [0.3, 0.4) is 0 Å². The number of rotatable bonds is 6. The van der Waals surface area contributed by atoms with Crippen LogP contribution in [-0.4, -0.2) is 19.5 Å². The largest absolute Gasteiger partial charge is 0.456 e. The summed E-state index contributed by atoms with van der Waals surface area (Å²) in [5, 5.41) is 6.58. The Morgan fingerprint density at radius 1 is 0.302 bits per heavy atom. The second-order valence-electron chi connectivity index (χ2n) is 16.0. The molecule has 0 aliphatic heterocycles. The maximum absolute atomic E-state index is 6.55. The fraction of sp³-hybridized carbons (Fsp3) is 0. The molecule has 4 aromatic heterocycles. The molecule has 0 atom stereocenters. The molecule has 0 saturated heterocycles. The van der Waals surface area contributed by atoms with E-state index in [0.29, 0.717) is 17.5 Å². The summed E-state index contributed by atoms with van der Waals surface area (Å²) < 4.78 is 15.1. The van der Waals surface area contributed by atoms with E-state index < -0.39 is 0 Å². The molecular weight excluding hydrogens is 773 g/mol. The van der Waals surface area contributed by atoms with Gasteiger partial charge in [-0.15, -0.1) is 0 Å². The van der Waals surface area contributed by atoms with Gasteiger partial charge in [0, 0.05) is 54.7 Å². The van der Waals surface area contributed by atoms with Gasteiger partial charge in [0.1, 0.15) is 22.3 Å². The minimum Gasteiger partial charge on any atom is -0.456 e. The molecule has 4 heterocycles. The zero-order valence-electron chi connectivity index (χ0n) is 33.7. The highest BCUT2D eigenvalue weighted by Crippen LogP contribution is 2.41. The molecular formula is C57H34N4O2. The lowest BCUT2D eigenvalue weighted by molar-refractivity contribution is 0.668. The summed E-state index contributed by atoms with van der Waals surface area (Å²) in [5.74, 6) is 1.75. The molecule has 0 unspecified atom stereocenters. The number of furan rings is 2. The van der Waals surface area contributed by atoms with E-state index >= 15 is 0 Å². The Morgan fingerprint density at radius 2 is 0.857 bits per heavy atom. The molecule has 0 N–H and O–H groups in total. The second kappa shape index (κ2) is 14.0. The first-order valence-corrected chi connectivity index (χ1v) is 21.1. The van der Waals surface area contributed by atoms with Gasteiger partial charge in [0.25, 0.3) is 0 Å². The van der Waals surface area contributed by atoms with Crippen LogP contribution in [0, 0.1) is 0 Å². The van der Waals surface area contributed by atoms with Crippen molar-refractivity contribution in [2.75, 3.05) is 0 Å². The molecule has 0 fully saturated rings. The predicted octanol–water partition coefficient (Wildman–Crippen LogP) is 15.1. The lowest BCUT2D eigenvalue weighted by Crippen LogP contribution is -2.00. The van der Waals surface area contributed by atoms with E-state index in [1.165, 1.54) is 21.8 Å². The molecule has 13 aromatic rings. The first-order chi connectivity index (χ1) is 31.2. The molecule has 63 heavy (non-hydrogen) atoms. The van der Waals surface area contributed by atoms with Gasteiger partial charge in [0.2, 0.25) is 0 Å². The van der Waals surface area contributed by atoms with E-state index in [1.54, 1.807) is 0 Å². The van der Waals surface area contributed by atoms with Gasteiger partial charge in [-0.2, -0.15) is 0 Å². The van der Waals surface area contributed by atoms with Gasteiger partial charge in [-0.05, 0) is 95.1 Å². The Labute approximate surface area is 361 Å². The van der Waals surface area contributed by atoms with Crippen molar-refractivity contribution in [1.29, 1.82) is 0 Å². The van der Waals surface area contributed by atoms with Crippen LogP contribution in [0.1, 0.15) is 0 Å². The molecule has 0 aliphatic carbocycles. The Kier molecular flexibility index (Phi) is 7.80. The van der Waals surface area contributed by atoms with E-state index in [9.17, 15) is 0 Å². The third-order valence-corrected chi connectivity index (χ3v) is 12.3. The number of hydrogen-bond acceptors (Lipinski definition) is 5. The molecule has 0 saturated carbocycles. The van der Waals surface area contributed by atoms with Gasteiger partial charge in [-0.1, -0.05) is 133 Å². The van der Waals surface area contributed by atoms with E-state index in [4.69, 9.17) is 23.8 Å². The average Bonchev–Trinajstić information content (AvgIpc) is 4.03. The Hall–Kier alpha value is -8.61. The minimum absolute atomic E-state index is 0.571. The van der Waals surface area contributed by atoms with Crippen molar-refractivity contribution in [3.05, 3.63) is 206 Å². The normalized spacial score (nSPS) is 11.8. The Bertz CT molecular complexity index is 3920. The highest BCUT2D eigenvalue weighted by molar-refractivity contribution is 6.14. The zero-order chi connectivity index (χ0) is 41.4. The molecule has 0 radical (unpaired) electrons. The average molecular weight is 807 g/mol. The topological polar surface area (TPSA) is 69.9 Å². The number of fused-ring (bicyclic) bond motifs is 9. The van der Waals surface area contributed by atoms with E-state index in [0.717, 1.165) is 88.5 Å². The van der Waals surface area contributed by atoms with Crippen molar-refractivity contribution in [2.45, 2.75) is 0 Å². The van der Waals surface area contributed by atoms with Crippen molar-refractivity contribution in [1.82, 2.24) is 19.5 Å². The van der Waals surface area contributed by atoms with Crippen LogP contribution < -0.4 is 0 Å². The van der Waals surface area contributed by atoms with Gasteiger partial charge < -0.3 is 13.4 Å². The summed E-state index contributed by atoms with van der Waals surface area (Å²) in [7, 11) is 0. The molecule has 9 aromatic carbocycles. The molecule has 0 aliphatic rings. The van der Waals surface area contributed by atoms with Crippen LogP contribution in [-0.2, 0) is 0 Å². The van der Waals surface area contributed by atoms with Gasteiger partial charge in [0.15, 0.2) is 17.5 Å². The molecule has 294 valence electrons. The third-order valence-electron chi connectivity index (χ3n) is 12.3. The van der Waals surface area contributed by atoms with Crippen LogP contribution in [0.25, 0.3) is 128 Å². The van der Waals surface area contributed by atoms with Crippen molar-refractivity contribution in [3.63, 3.8) is 0 Å². The van der Waals surface area contributed by atoms with Gasteiger partial charge in [-0.3, -0.25) is 0 Å². The lowest BCUT2D eigenvalue weighted by atomic mass is 9.99. The van der Waals surface area contributed by atoms with Crippen LogP contribution in [0.4, 0.5) is 0 Å². The lowest BCUT2D eigenvalue weighted by Gasteiger charge is -2.10. The molecule has 0 amide bonds. The summed E-state index contributed by atoms with van der Waals surface area (Å²) in [6.07, 6.45) is 0. The minimum atomic E-state index is 0.571. The van der Waals surface area contributed by atoms with Gasteiger partial charge >= 0.3 is 0 Å². The molecule has 0 spiro atoms.